The molecule has 0 spiro atoms. The Morgan fingerprint density at radius 3 is 2.71 bits per heavy atom. The number of hydrogen-bond acceptors (Lipinski definition) is 6. The summed E-state index contributed by atoms with van der Waals surface area (Å²) in [6, 6.07) is 9.13. The molecule has 0 unspecified atom stereocenters. The van der Waals surface area contributed by atoms with E-state index >= 15 is 0 Å². The van der Waals surface area contributed by atoms with E-state index in [1.54, 1.807) is 19.2 Å². The number of hydrogen-bond donors (Lipinski definition) is 1. The fourth-order valence-corrected chi connectivity index (χ4v) is 3.50. The molecule has 28 heavy (non-hydrogen) atoms. The average Bonchev–Trinajstić information content (AvgIpc) is 3.14. The van der Waals surface area contributed by atoms with Gasteiger partial charge in [0.2, 0.25) is 0 Å². The van der Waals surface area contributed by atoms with Crippen molar-refractivity contribution in [2.75, 3.05) is 12.4 Å². The monoisotopic (exact) mass is 485 g/mol. The molecule has 0 aliphatic carbocycles. The fourth-order valence-electron chi connectivity index (χ4n) is 2.43. The van der Waals surface area contributed by atoms with Gasteiger partial charge in [0.15, 0.2) is 11.5 Å². The van der Waals surface area contributed by atoms with Crippen LogP contribution in [0.4, 0.5) is 5.95 Å². The summed E-state index contributed by atoms with van der Waals surface area (Å²) >= 11 is 15.7. The summed E-state index contributed by atoms with van der Waals surface area (Å²) in [6.07, 6.45) is 0. The molecule has 10 heteroatoms. The number of methoxy groups -OCH3 is 1. The lowest BCUT2D eigenvalue weighted by atomic mass is 10.2. The van der Waals surface area contributed by atoms with Crippen LogP contribution in [0.15, 0.2) is 34.8 Å². The smallest absolute Gasteiger partial charge is 0.263 e. The van der Waals surface area contributed by atoms with Gasteiger partial charge < -0.3 is 14.8 Å². The van der Waals surface area contributed by atoms with Gasteiger partial charge in [-0.05, 0) is 57.9 Å². The first-order valence-electron chi connectivity index (χ1n) is 8.45. The van der Waals surface area contributed by atoms with E-state index in [2.05, 4.69) is 36.7 Å². The van der Waals surface area contributed by atoms with E-state index in [1.807, 2.05) is 25.1 Å². The van der Waals surface area contributed by atoms with Crippen molar-refractivity contribution < 1.29 is 9.47 Å². The summed E-state index contributed by atoms with van der Waals surface area (Å²) in [5.74, 6) is 1.66. The van der Waals surface area contributed by atoms with Gasteiger partial charge >= 0.3 is 0 Å². The highest BCUT2D eigenvalue weighted by Crippen LogP contribution is 2.37. The largest absolute Gasteiger partial charge is 0.493 e. The number of ether oxygens (including phenoxy) is 2. The molecule has 0 saturated carbocycles. The maximum Gasteiger partial charge on any atom is 0.263 e. The van der Waals surface area contributed by atoms with Crippen LogP contribution >= 0.6 is 39.1 Å². The highest BCUT2D eigenvalue weighted by molar-refractivity contribution is 9.10. The summed E-state index contributed by atoms with van der Waals surface area (Å²) < 4.78 is 12.2. The third-order valence-electron chi connectivity index (χ3n) is 3.86. The van der Waals surface area contributed by atoms with Crippen LogP contribution in [-0.2, 0) is 19.7 Å². The Kier molecular flexibility index (Phi) is 6.98. The predicted molar refractivity (Wildman–Crippen MR) is 112 cm³/mol. The van der Waals surface area contributed by atoms with Crippen LogP contribution in [0.3, 0.4) is 0 Å². The van der Waals surface area contributed by atoms with Gasteiger partial charge in [-0.3, -0.25) is 0 Å². The summed E-state index contributed by atoms with van der Waals surface area (Å²) in [6.45, 7) is 3.40. The van der Waals surface area contributed by atoms with Gasteiger partial charge in [-0.25, -0.2) is 0 Å². The van der Waals surface area contributed by atoms with Crippen LogP contribution in [0.25, 0.3) is 0 Å². The highest BCUT2D eigenvalue weighted by Gasteiger charge is 2.13. The van der Waals surface area contributed by atoms with E-state index in [9.17, 15) is 0 Å². The molecule has 7 nitrogen and oxygen atoms in total. The molecule has 2 aromatic carbocycles. The third kappa shape index (κ3) is 5.06. The van der Waals surface area contributed by atoms with E-state index < -0.39 is 0 Å². The third-order valence-corrected chi connectivity index (χ3v) is 5.04. The second kappa shape index (κ2) is 9.45. The van der Waals surface area contributed by atoms with Crippen LogP contribution in [0, 0.1) is 0 Å². The van der Waals surface area contributed by atoms with Gasteiger partial charge in [-0.15, -0.1) is 5.10 Å². The first-order valence-corrected chi connectivity index (χ1v) is 9.99. The van der Waals surface area contributed by atoms with Gasteiger partial charge in [0.1, 0.15) is 6.61 Å². The molecule has 0 aliphatic rings. The highest BCUT2D eigenvalue weighted by atomic mass is 79.9. The second-order valence-electron chi connectivity index (χ2n) is 5.79. The number of aromatic nitrogens is 4. The molecule has 3 aromatic rings. The molecule has 0 bridgehead atoms. The van der Waals surface area contributed by atoms with Gasteiger partial charge in [-0.2, -0.15) is 4.80 Å². The van der Waals surface area contributed by atoms with Gasteiger partial charge in [0, 0.05) is 22.2 Å². The summed E-state index contributed by atoms with van der Waals surface area (Å²) in [7, 11) is 1.59. The number of halogens is 3. The van der Waals surface area contributed by atoms with Gasteiger partial charge in [0.25, 0.3) is 5.95 Å². The molecule has 0 amide bonds. The van der Waals surface area contributed by atoms with E-state index in [0.717, 1.165) is 15.6 Å². The predicted octanol–water partition coefficient (Wildman–Crippen LogP) is 4.96. The summed E-state index contributed by atoms with van der Waals surface area (Å²) in [5, 5.41) is 16.3. The van der Waals surface area contributed by atoms with Crippen LogP contribution in [0.5, 0.6) is 11.5 Å². The van der Waals surface area contributed by atoms with Crippen LogP contribution in [-0.4, -0.2) is 27.3 Å². The number of nitrogens with one attached hydrogen (secondary N) is 1. The minimum Gasteiger partial charge on any atom is -0.493 e. The first-order chi connectivity index (χ1) is 13.5. The van der Waals surface area contributed by atoms with Crippen molar-refractivity contribution in [2.24, 2.45) is 0 Å². The van der Waals surface area contributed by atoms with Crippen molar-refractivity contribution in [1.29, 1.82) is 0 Å². The number of benzene rings is 2. The molecular formula is C18H18BrCl2N5O2. The maximum atomic E-state index is 6.21. The topological polar surface area (TPSA) is 74.1 Å². The fraction of sp³-hybridized carbons (Fsp3) is 0.278. The minimum atomic E-state index is 0.284. The normalized spacial score (nSPS) is 10.8. The molecule has 0 radical (unpaired) electrons. The lowest BCUT2D eigenvalue weighted by molar-refractivity contribution is 0.282. The molecule has 0 saturated heterocycles. The zero-order chi connectivity index (χ0) is 20.1. The van der Waals surface area contributed by atoms with Crippen molar-refractivity contribution in [1.82, 2.24) is 20.2 Å². The van der Waals surface area contributed by atoms with Crippen molar-refractivity contribution in [3.8, 4) is 11.5 Å². The molecule has 0 fully saturated rings. The van der Waals surface area contributed by atoms with Crippen LogP contribution < -0.4 is 14.8 Å². The number of rotatable bonds is 8. The molecule has 1 aromatic heterocycles. The van der Waals surface area contributed by atoms with Crippen molar-refractivity contribution in [2.45, 2.75) is 26.6 Å². The quantitative estimate of drug-likeness (QED) is 0.485. The van der Waals surface area contributed by atoms with E-state index in [-0.39, 0.29) is 6.61 Å². The SMILES string of the molecule is CCn1nnc(NCc2cc(Br)c(OCc3ccc(Cl)cc3Cl)c(OC)c2)n1. The Bertz CT molecular complexity index is 967. The number of aryl methyl sites for hydroxylation is 1. The molecule has 0 aliphatic heterocycles. The Labute approximate surface area is 181 Å². The van der Waals surface area contributed by atoms with Crippen LogP contribution in [0.2, 0.25) is 10.0 Å². The van der Waals surface area contributed by atoms with Crippen molar-refractivity contribution in [3.05, 3.63) is 56.0 Å². The van der Waals surface area contributed by atoms with Crippen molar-refractivity contribution in [3.63, 3.8) is 0 Å². The zero-order valence-corrected chi connectivity index (χ0v) is 18.3. The summed E-state index contributed by atoms with van der Waals surface area (Å²) in [4.78, 5) is 1.51. The average molecular weight is 487 g/mol. The maximum absolute atomic E-state index is 6.21. The minimum absolute atomic E-state index is 0.284. The van der Waals surface area contributed by atoms with Gasteiger partial charge in [-0.1, -0.05) is 34.4 Å². The van der Waals surface area contributed by atoms with E-state index in [4.69, 9.17) is 32.7 Å². The second-order valence-corrected chi connectivity index (χ2v) is 7.49. The molecule has 1 heterocycles. The summed E-state index contributed by atoms with van der Waals surface area (Å²) in [5.41, 5.74) is 1.80. The molecule has 148 valence electrons. The van der Waals surface area contributed by atoms with Gasteiger partial charge in [0.05, 0.1) is 18.1 Å². The van der Waals surface area contributed by atoms with Crippen molar-refractivity contribution >= 4 is 45.1 Å². The van der Waals surface area contributed by atoms with E-state index in [0.29, 0.717) is 40.6 Å². The van der Waals surface area contributed by atoms with Crippen LogP contribution in [0.1, 0.15) is 18.1 Å². The molecule has 3 rings (SSSR count). The molecular weight excluding hydrogens is 469 g/mol. The zero-order valence-electron chi connectivity index (χ0n) is 15.2. The Balaban J connectivity index is 1.71. The molecule has 1 N–H and O–H groups in total. The first kappa shape index (κ1) is 20.7. The lowest BCUT2D eigenvalue weighted by Crippen LogP contribution is -2.04. The number of nitrogens with zero attached hydrogens (tertiary/aromatic N) is 4. The molecule has 0 atom stereocenters. The lowest BCUT2D eigenvalue weighted by Gasteiger charge is -2.15. The van der Waals surface area contributed by atoms with E-state index in [1.165, 1.54) is 4.80 Å². The Morgan fingerprint density at radius 2 is 2.04 bits per heavy atom. The number of anilines is 1. The number of tetrazole rings is 1. The Morgan fingerprint density at radius 1 is 1.21 bits per heavy atom. The standard InChI is InChI=1S/C18H18BrCl2N5O2/c1-3-26-24-18(23-25-26)22-9-11-6-14(19)17(16(7-11)27-2)28-10-12-4-5-13(20)8-15(12)21/h4-8H,3,9-10H2,1-2H3,(H,22,24). The Hall–Kier alpha value is -2.03.